The summed E-state index contributed by atoms with van der Waals surface area (Å²) in [5.41, 5.74) is 1.89. The van der Waals surface area contributed by atoms with Crippen molar-refractivity contribution in [3.8, 4) is 11.5 Å². The summed E-state index contributed by atoms with van der Waals surface area (Å²) in [4.78, 5) is -0.0263. The number of hydrogen-bond donors (Lipinski definition) is 1. The fourth-order valence-electron chi connectivity index (χ4n) is 2.46. The first-order chi connectivity index (χ1) is 12.3. The van der Waals surface area contributed by atoms with Crippen molar-refractivity contribution >= 4 is 27.3 Å². The summed E-state index contributed by atoms with van der Waals surface area (Å²) in [5, 5.41) is 4.10. The van der Waals surface area contributed by atoms with Crippen LogP contribution in [0.4, 0.5) is 5.69 Å². The molecule has 0 unspecified atom stereocenters. The highest BCUT2D eigenvalue weighted by molar-refractivity contribution is 7.92. The van der Waals surface area contributed by atoms with Gasteiger partial charge in [0.2, 0.25) is 0 Å². The molecule has 1 N–H and O–H groups in total. The Bertz CT molecular complexity index is 1030. The molecule has 3 rings (SSSR count). The number of nitrogens with zero attached hydrogens (tertiary/aromatic N) is 2. The summed E-state index contributed by atoms with van der Waals surface area (Å²) in [6.07, 6.45) is 0. The van der Waals surface area contributed by atoms with Gasteiger partial charge in [-0.2, -0.15) is 5.10 Å². The highest BCUT2D eigenvalue weighted by Gasteiger charge is 2.25. The number of halogens is 1. The van der Waals surface area contributed by atoms with Crippen LogP contribution in [0.15, 0.2) is 53.4 Å². The molecule has 0 aliphatic carbocycles. The fraction of sp³-hybridized carbons (Fsp3) is 0.167. The van der Waals surface area contributed by atoms with Crippen LogP contribution in [-0.2, 0) is 17.1 Å². The van der Waals surface area contributed by atoms with Crippen molar-refractivity contribution in [2.75, 3.05) is 4.72 Å². The molecule has 0 radical (unpaired) electrons. The molecule has 8 heteroatoms. The van der Waals surface area contributed by atoms with Crippen LogP contribution in [0.2, 0.25) is 5.15 Å². The summed E-state index contributed by atoms with van der Waals surface area (Å²) in [6, 6.07) is 14.3. The predicted molar refractivity (Wildman–Crippen MR) is 101 cm³/mol. The third kappa shape index (κ3) is 3.84. The summed E-state index contributed by atoms with van der Waals surface area (Å²) in [7, 11) is -2.25. The Balaban J connectivity index is 1.77. The average Bonchev–Trinajstić information content (AvgIpc) is 2.84. The van der Waals surface area contributed by atoms with Gasteiger partial charge in [0.1, 0.15) is 21.5 Å². The highest BCUT2D eigenvalue weighted by Crippen LogP contribution is 2.28. The number of benzene rings is 2. The van der Waals surface area contributed by atoms with E-state index in [1.807, 2.05) is 31.2 Å². The molecule has 2 aromatic carbocycles. The van der Waals surface area contributed by atoms with E-state index in [0.717, 1.165) is 5.56 Å². The first kappa shape index (κ1) is 18.3. The lowest BCUT2D eigenvalue weighted by Gasteiger charge is -2.10. The molecule has 0 fully saturated rings. The van der Waals surface area contributed by atoms with Crippen molar-refractivity contribution in [2.45, 2.75) is 18.7 Å². The molecule has 1 aromatic heterocycles. The van der Waals surface area contributed by atoms with E-state index < -0.39 is 10.0 Å². The normalized spacial score (nSPS) is 11.4. The first-order valence-corrected chi connectivity index (χ1v) is 9.69. The van der Waals surface area contributed by atoms with Crippen molar-refractivity contribution in [1.82, 2.24) is 9.78 Å². The van der Waals surface area contributed by atoms with E-state index in [1.165, 1.54) is 4.68 Å². The van der Waals surface area contributed by atoms with E-state index in [9.17, 15) is 8.42 Å². The Kier molecular flexibility index (Phi) is 4.93. The third-order valence-corrected chi connectivity index (χ3v) is 5.81. The molecule has 0 aliphatic heterocycles. The lowest BCUT2D eigenvalue weighted by molar-refractivity contribution is 0.482. The van der Waals surface area contributed by atoms with Gasteiger partial charge in [-0.1, -0.05) is 29.3 Å². The van der Waals surface area contributed by atoms with Gasteiger partial charge < -0.3 is 4.74 Å². The van der Waals surface area contributed by atoms with Gasteiger partial charge in [0, 0.05) is 12.7 Å². The molecule has 1 heterocycles. The van der Waals surface area contributed by atoms with Gasteiger partial charge in [0.05, 0.1) is 5.69 Å². The lowest BCUT2D eigenvalue weighted by atomic mass is 10.2. The Morgan fingerprint density at radius 2 is 1.54 bits per heavy atom. The van der Waals surface area contributed by atoms with E-state index in [4.69, 9.17) is 16.3 Å². The summed E-state index contributed by atoms with van der Waals surface area (Å²) in [5.74, 6) is 1.31. The zero-order valence-electron chi connectivity index (χ0n) is 14.5. The van der Waals surface area contributed by atoms with Gasteiger partial charge in [0.25, 0.3) is 10.0 Å². The summed E-state index contributed by atoms with van der Waals surface area (Å²) < 4.78 is 34.7. The second-order valence-electron chi connectivity index (χ2n) is 5.87. The van der Waals surface area contributed by atoms with Crippen LogP contribution < -0.4 is 9.46 Å². The van der Waals surface area contributed by atoms with Crippen molar-refractivity contribution in [3.05, 3.63) is 64.9 Å². The monoisotopic (exact) mass is 391 g/mol. The van der Waals surface area contributed by atoms with Crippen molar-refractivity contribution in [1.29, 1.82) is 0 Å². The fourth-order valence-corrected chi connectivity index (χ4v) is 4.27. The molecule has 0 spiro atoms. The Morgan fingerprint density at radius 1 is 1.00 bits per heavy atom. The molecular weight excluding hydrogens is 374 g/mol. The molecule has 0 amide bonds. The van der Waals surface area contributed by atoms with E-state index in [-0.39, 0.29) is 10.0 Å². The molecule has 26 heavy (non-hydrogen) atoms. The van der Waals surface area contributed by atoms with Crippen molar-refractivity contribution in [3.63, 3.8) is 0 Å². The molecule has 0 saturated heterocycles. The second kappa shape index (κ2) is 7.01. The maximum Gasteiger partial charge on any atom is 0.266 e. The zero-order chi connectivity index (χ0) is 18.9. The number of hydrogen-bond acceptors (Lipinski definition) is 4. The van der Waals surface area contributed by atoms with Crippen LogP contribution >= 0.6 is 11.6 Å². The Hall–Kier alpha value is -2.51. The molecule has 136 valence electrons. The SMILES string of the molecule is Cc1ccc(Oc2ccc(NS(=O)(=O)c3c(C)nn(C)c3Cl)cc2)cc1. The van der Waals surface area contributed by atoms with Crippen LogP contribution in [0.5, 0.6) is 11.5 Å². The average molecular weight is 392 g/mol. The largest absolute Gasteiger partial charge is 0.457 e. The number of anilines is 1. The van der Waals surface area contributed by atoms with E-state index >= 15 is 0 Å². The van der Waals surface area contributed by atoms with Crippen LogP contribution in [0.1, 0.15) is 11.3 Å². The molecule has 0 bridgehead atoms. The van der Waals surface area contributed by atoms with Crippen molar-refractivity contribution in [2.24, 2.45) is 7.05 Å². The van der Waals surface area contributed by atoms with Gasteiger partial charge in [-0.3, -0.25) is 9.40 Å². The lowest BCUT2D eigenvalue weighted by Crippen LogP contribution is -2.14. The topological polar surface area (TPSA) is 73.2 Å². The third-order valence-electron chi connectivity index (χ3n) is 3.73. The maximum absolute atomic E-state index is 12.6. The number of sulfonamides is 1. The Labute approximate surface area is 157 Å². The van der Waals surface area contributed by atoms with Crippen LogP contribution in [0.3, 0.4) is 0 Å². The van der Waals surface area contributed by atoms with E-state index in [1.54, 1.807) is 38.2 Å². The maximum atomic E-state index is 12.6. The van der Waals surface area contributed by atoms with Gasteiger partial charge in [-0.15, -0.1) is 0 Å². The van der Waals surface area contributed by atoms with Gasteiger partial charge in [-0.05, 0) is 50.2 Å². The van der Waals surface area contributed by atoms with Crippen LogP contribution in [0.25, 0.3) is 0 Å². The van der Waals surface area contributed by atoms with Gasteiger partial charge >= 0.3 is 0 Å². The first-order valence-electron chi connectivity index (χ1n) is 7.83. The second-order valence-corrected chi connectivity index (χ2v) is 7.85. The minimum Gasteiger partial charge on any atom is -0.457 e. The van der Waals surface area contributed by atoms with Gasteiger partial charge in [-0.25, -0.2) is 8.42 Å². The number of ether oxygens (including phenoxy) is 1. The minimum atomic E-state index is -3.84. The summed E-state index contributed by atoms with van der Waals surface area (Å²) in [6.45, 7) is 3.60. The zero-order valence-corrected chi connectivity index (χ0v) is 16.1. The van der Waals surface area contributed by atoms with Crippen LogP contribution in [0, 0.1) is 13.8 Å². The summed E-state index contributed by atoms with van der Waals surface area (Å²) >= 11 is 6.05. The van der Waals surface area contributed by atoms with Crippen LogP contribution in [-0.4, -0.2) is 18.2 Å². The standard InChI is InChI=1S/C18H18ClN3O3S/c1-12-4-8-15(9-5-12)25-16-10-6-14(7-11-16)21-26(23,24)17-13(2)20-22(3)18(17)19/h4-11,21H,1-3H3. The molecule has 0 aliphatic rings. The molecule has 3 aromatic rings. The predicted octanol–water partition coefficient (Wildman–Crippen LogP) is 4.28. The van der Waals surface area contributed by atoms with Gasteiger partial charge in [0.15, 0.2) is 0 Å². The number of aromatic nitrogens is 2. The molecule has 6 nitrogen and oxygen atoms in total. The quantitative estimate of drug-likeness (QED) is 0.704. The Morgan fingerprint density at radius 3 is 2.04 bits per heavy atom. The number of aryl methyl sites for hydroxylation is 3. The molecule has 0 saturated carbocycles. The highest BCUT2D eigenvalue weighted by atomic mass is 35.5. The number of nitrogens with one attached hydrogen (secondary N) is 1. The number of rotatable bonds is 5. The van der Waals surface area contributed by atoms with E-state index in [2.05, 4.69) is 9.82 Å². The molecular formula is C18H18ClN3O3S. The van der Waals surface area contributed by atoms with Crippen molar-refractivity contribution < 1.29 is 13.2 Å². The van der Waals surface area contributed by atoms with E-state index in [0.29, 0.717) is 22.9 Å². The minimum absolute atomic E-state index is 0.0263. The smallest absolute Gasteiger partial charge is 0.266 e. The molecule has 0 atom stereocenters.